The Balaban J connectivity index is 2.08. The van der Waals surface area contributed by atoms with Crippen LogP contribution in [0.25, 0.3) is 11.1 Å². The van der Waals surface area contributed by atoms with Crippen LogP contribution in [0.3, 0.4) is 0 Å². The highest BCUT2D eigenvalue weighted by Crippen LogP contribution is 2.35. The molecule has 0 unspecified atom stereocenters. The molecule has 1 fully saturated rings. The summed E-state index contributed by atoms with van der Waals surface area (Å²) < 4.78 is 34.4. The monoisotopic (exact) mass is 310 g/mol. The molecule has 0 aliphatic carbocycles. The Morgan fingerprint density at radius 1 is 1.33 bits per heavy atom. The first-order valence-corrected chi connectivity index (χ1v) is 8.73. The molecule has 2 N–H and O–H groups in total. The number of nitrogens with zero attached hydrogens (tertiary/aromatic N) is 1. The number of ether oxygens (including phenoxy) is 1. The molecule has 0 spiro atoms. The average Bonchev–Trinajstić information content (AvgIpc) is 2.90. The van der Waals surface area contributed by atoms with E-state index in [0.717, 1.165) is 12.8 Å². The standard InChI is InChI=1S/C14H18N2O4S/c1-21(17,18)10-2-3-12-11(8-10)16-13(20-12)14(9-15)4-6-19-7-5-14/h2-3,8H,4-7,9,15H2,1H3. The number of aromatic nitrogens is 1. The molecule has 2 heterocycles. The van der Waals surface area contributed by atoms with Gasteiger partial charge in [0, 0.05) is 26.0 Å². The highest BCUT2D eigenvalue weighted by molar-refractivity contribution is 7.90. The molecule has 0 bridgehead atoms. The lowest BCUT2D eigenvalue weighted by molar-refractivity contribution is 0.0438. The van der Waals surface area contributed by atoms with Crippen molar-refractivity contribution < 1.29 is 17.6 Å². The van der Waals surface area contributed by atoms with Crippen LogP contribution in [0.15, 0.2) is 27.5 Å². The fourth-order valence-corrected chi connectivity index (χ4v) is 3.27. The number of sulfone groups is 1. The smallest absolute Gasteiger partial charge is 0.203 e. The van der Waals surface area contributed by atoms with Crippen molar-refractivity contribution in [3.63, 3.8) is 0 Å². The Morgan fingerprint density at radius 2 is 2.05 bits per heavy atom. The second-order valence-corrected chi connectivity index (χ2v) is 7.53. The zero-order chi connectivity index (χ0) is 15.1. The van der Waals surface area contributed by atoms with E-state index in [0.29, 0.717) is 36.7 Å². The van der Waals surface area contributed by atoms with E-state index < -0.39 is 9.84 Å². The van der Waals surface area contributed by atoms with Crippen molar-refractivity contribution in [3.05, 3.63) is 24.1 Å². The lowest BCUT2D eigenvalue weighted by Crippen LogP contribution is -2.40. The van der Waals surface area contributed by atoms with Crippen LogP contribution in [-0.4, -0.2) is 39.4 Å². The van der Waals surface area contributed by atoms with E-state index in [2.05, 4.69) is 4.98 Å². The third-order valence-corrected chi connectivity index (χ3v) is 5.19. The number of hydrogen-bond acceptors (Lipinski definition) is 6. The van der Waals surface area contributed by atoms with Crippen LogP contribution >= 0.6 is 0 Å². The molecule has 1 saturated heterocycles. The molecule has 6 nitrogen and oxygen atoms in total. The van der Waals surface area contributed by atoms with E-state index >= 15 is 0 Å². The number of oxazole rings is 1. The van der Waals surface area contributed by atoms with Crippen molar-refractivity contribution in [2.45, 2.75) is 23.2 Å². The van der Waals surface area contributed by atoms with Crippen molar-refractivity contribution >= 4 is 20.9 Å². The van der Waals surface area contributed by atoms with E-state index in [1.165, 1.54) is 12.3 Å². The highest BCUT2D eigenvalue weighted by atomic mass is 32.2. The molecule has 1 aliphatic rings. The minimum Gasteiger partial charge on any atom is -0.440 e. The average molecular weight is 310 g/mol. The van der Waals surface area contributed by atoms with Crippen molar-refractivity contribution in [1.29, 1.82) is 0 Å². The maximum absolute atomic E-state index is 11.6. The van der Waals surface area contributed by atoms with Gasteiger partial charge in [0.25, 0.3) is 0 Å². The molecule has 3 rings (SSSR count). The van der Waals surface area contributed by atoms with Gasteiger partial charge in [0.1, 0.15) is 5.52 Å². The number of hydrogen-bond donors (Lipinski definition) is 1. The third-order valence-electron chi connectivity index (χ3n) is 4.08. The van der Waals surface area contributed by atoms with Gasteiger partial charge in [0.05, 0.1) is 10.3 Å². The van der Waals surface area contributed by atoms with Crippen molar-refractivity contribution in [1.82, 2.24) is 4.98 Å². The van der Waals surface area contributed by atoms with Gasteiger partial charge in [-0.05, 0) is 31.0 Å². The van der Waals surface area contributed by atoms with Gasteiger partial charge in [0.15, 0.2) is 15.4 Å². The van der Waals surface area contributed by atoms with Crippen molar-refractivity contribution in [3.8, 4) is 0 Å². The zero-order valence-corrected chi connectivity index (χ0v) is 12.6. The van der Waals surface area contributed by atoms with Crippen LogP contribution in [-0.2, 0) is 20.0 Å². The summed E-state index contributed by atoms with van der Waals surface area (Å²) in [5.41, 5.74) is 6.75. The Morgan fingerprint density at radius 3 is 2.67 bits per heavy atom. The SMILES string of the molecule is CS(=O)(=O)c1ccc2oc(C3(CN)CCOCC3)nc2c1. The van der Waals surface area contributed by atoms with Gasteiger partial charge >= 0.3 is 0 Å². The normalized spacial score (nSPS) is 19.0. The van der Waals surface area contributed by atoms with Crippen molar-refractivity contribution in [2.24, 2.45) is 5.73 Å². The van der Waals surface area contributed by atoms with Crippen LogP contribution < -0.4 is 5.73 Å². The lowest BCUT2D eigenvalue weighted by atomic mass is 9.80. The molecule has 0 atom stereocenters. The first kappa shape index (κ1) is 14.5. The van der Waals surface area contributed by atoms with E-state index in [9.17, 15) is 8.42 Å². The first-order valence-electron chi connectivity index (χ1n) is 6.84. The second kappa shape index (κ2) is 5.08. The van der Waals surface area contributed by atoms with E-state index in [4.69, 9.17) is 14.9 Å². The van der Waals surface area contributed by atoms with E-state index in [1.807, 2.05) is 0 Å². The molecule has 7 heteroatoms. The summed E-state index contributed by atoms with van der Waals surface area (Å²) in [5.74, 6) is 0.578. The Kier molecular flexibility index (Phi) is 3.51. The summed E-state index contributed by atoms with van der Waals surface area (Å²) in [5, 5.41) is 0. The molecule has 2 aromatic rings. The molecule has 0 amide bonds. The maximum Gasteiger partial charge on any atom is 0.203 e. The Labute approximate surface area is 123 Å². The molecule has 1 aliphatic heterocycles. The summed E-state index contributed by atoms with van der Waals surface area (Å²) in [6, 6.07) is 4.72. The molecule has 0 saturated carbocycles. The first-order chi connectivity index (χ1) is 9.94. The zero-order valence-electron chi connectivity index (χ0n) is 11.8. The fraction of sp³-hybridized carbons (Fsp3) is 0.500. The van der Waals surface area contributed by atoms with E-state index in [-0.39, 0.29) is 10.3 Å². The van der Waals surface area contributed by atoms with Crippen LogP contribution in [0.2, 0.25) is 0 Å². The maximum atomic E-state index is 11.6. The third kappa shape index (κ3) is 2.56. The molecular weight excluding hydrogens is 292 g/mol. The predicted molar refractivity (Wildman–Crippen MR) is 77.9 cm³/mol. The van der Waals surface area contributed by atoms with Gasteiger partial charge in [-0.25, -0.2) is 13.4 Å². The number of nitrogens with two attached hydrogens (primary N) is 1. The van der Waals surface area contributed by atoms with E-state index in [1.54, 1.807) is 12.1 Å². The summed E-state index contributed by atoms with van der Waals surface area (Å²) in [4.78, 5) is 4.73. The molecular formula is C14H18N2O4S. The molecule has 21 heavy (non-hydrogen) atoms. The van der Waals surface area contributed by atoms with Gasteiger partial charge in [-0.15, -0.1) is 0 Å². The van der Waals surface area contributed by atoms with Gasteiger partial charge < -0.3 is 14.9 Å². The van der Waals surface area contributed by atoms with Gasteiger partial charge in [-0.3, -0.25) is 0 Å². The lowest BCUT2D eigenvalue weighted by Gasteiger charge is -2.32. The Hall–Kier alpha value is -1.44. The van der Waals surface area contributed by atoms with Crippen molar-refractivity contribution in [2.75, 3.05) is 26.0 Å². The van der Waals surface area contributed by atoms with Gasteiger partial charge in [-0.2, -0.15) is 0 Å². The fourth-order valence-electron chi connectivity index (χ4n) is 2.63. The summed E-state index contributed by atoms with van der Waals surface area (Å²) in [7, 11) is -3.26. The predicted octanol–water partition coefficient (Wildman–Crippen LogP) is 1.24. The summed E-state index contributed by atoms with van der Waals surface area (Å²) in [6.45, 7) is 1.69. The summed E-state index contributed by atoms with van der Waals surface area (Å²) >= 11 is 0. The number of fused-ring (bicyclic) bond motifs is 1. The number of rotatable bonds is 3. The molecule has 114 valence electrons. The minimum atomic E-state index is -3.26. The summed E-state index contributed by atoms with van der Waals surface area (Å²) in [6.07, 6.45) is 2.69. The Bertz CT molecular complexity index is 760. The minimum absolute atomic E-state index is 0.239. The van der Waals surface area contributed by atoms with Crippen LogP contribution in [0.1, 0.15) is 18.7 Å². The van der Waals surface area contributed by atoms with Gasteiger partial charge in [-0.1, -0.05) is 0 Å². The molecule has 0 radical (unpaired) electrons. The van der Waals surface area contributed by atoms with Crippen LogP contribution in [0.5, 0.6) is 0 Å². The highest BCUT2D eigenvalue weighted by Gasteiger charge is 2.38. The van der Waals surface area contributed by atoms with Gasteiger partial charge in [0.2, 0.25) is 5.89 Å². The molecule has 1 aromatic heterocycles. The quantitative estimate of drug-likeness (QED) is 0.916. The number of benzene rings is 1. The molecule has 1 aromatic carbocycles. The largest absolute Gasteiger partial charge is 0.440 e. The van der Waals surface area contributed by atoms with Crippen LogP contribution in [0.4, 0.5) is 0 Å². The topological polar surface area (TPSA) is 95.4 Å². The van der Waals surface area contributed by atoms with Crippen LogP contribution in [0, 0.1) is 0 Å². The second-order valence-electron chi connectivity index (χ2n) is 5.52.